The Balaban J connectivity index is 1.88. The van der Waals surface area contributed by atoms with Crippen LogP contribution in [0.3, 0.4) is 0 Å². The van der Waals surface area contributed by atoms with E-state index in [1.54, 1.807) is 7.05 Å². The summed E-state index contributed by atoms with van der Waals surface area (Å²) in [5, 5.41) is 0. The highest BCUT2D eigenvalue weighted by molar-refractivity contribution is 5.75. The van der Waals surface area contributed by atoms with E-state index in [9.17, 15) is 1.37 Å². The fourth-order valence-electron chi connectivity index (χ4n) is 4.25. The third-order valence-electron chi connectivity index (χ3n) is 5.70. The fraction of sp³-hybridized carbons (Fsp3) is 0.276. The lowest BCUT2D eigenvalue weighted by Gasteiger charge is -2.23. The van der Waals surface area contributed by atoms with E-state index in [1.807, 2.05) is 25.1 Å². The molecule has 0 unspecified atom stereocenters. The Labute approximate surface area is 182 Å². The molecule has 0 spiro atoms. The van der Waals surface area contributed by atoms with Gasteiger partial charge in [-0.3, -0.25) is 0 Å². The largest absolute Gasteiger partial charge is 0.310 e. The van der Waals surface area contributed by atoms with Gasteiger partial charge in [0.15, 0.2) is 0 Å². The van der Waals surface area contributed by atoms with Gasteiger partial charge >= 0.3 is 6.07 Å². The highest BCUT2D eigenvalue weighted by atomic mass is 14.6. The van der Waals surface area contributed by atoms with Crippen LogP contribution in [0.1, 0.15) is 63.0 Å². The van der Waals surface area contributed by atoms with Gasteiger partial charge in [-0.05, 0) is 83.8 Å². The molecule has 3 aromatic carbocycles. The lowest BCUT2D eigenvalue weighted by atomic mass is 9.82. The van der Waals surface area contributed by atoms with Gasteiger partial charge in [0.2, 0.25) is 0 Å². The molecular weight excluding hydrogens is 362 g/mol. The average molecular weight is 392 g/mol. The van der Waals surface area contributed by atoms with Crippen molar-refractivity contribution in [3.8, 4) is 40.2 Å². The summed E-state index contributed by atoms with van der Waals surface area (Å²) in [6.07, 6.45) is 5.34. The first-order chi connectivity index (χ1) is 15.1. The topological polar surface area (TPSA) is 4.36 Å². The maximum absolute atomic E-state index is 9.25. The van der Waals surface area contributed by atoms with Crippen LogP contribution in [0.2, 0.25) is 0 Å². The smallest absolute Gasteiger partial charge is 0.101 e. The first-order valence-corrected chi connectivity index (χ1v) is 10.8. The maximum atomic E-state index is 9.25. The summed E-state index contributed by atoms with van der Waals surface area (Å²) in [7, 11) is 1.74. The SMILES string of the molecule is [2H]C1(c2cc(-c3cccc(C#CC)c3)cc(-c3cccc(C#[N+]C)c3)c2)CCCCC1. The number of benzene rings is 3. The molecule has 1 saturated carbocycles. The lowest BCUT2D eigenvalue weighted by molar-refractivity contribution is 0.444. The van der Waals surface area contributed by atoms with Crippen LogP contribution < -0.4 is 0 Å². The average Bonchev–Trinajstić information content (AvgIpc) is 2.80. The van der Waals surface area contributed by atoms with Gasteiger partial charge < -0.3 is 0 Å². The van der Waals surface area contributed by atoms with E-state index in [0.717, 1.165) is 64.6 Å². The van der Waals surface area contributed by atoms with Gasteiger partial charge in [-0.2, -0.15) is 0 Å². The van der Waals surface area contributed by atoms with Gasteiger partial charge in [-0.25, -0.2) is 0 Å². The van der Waals surface area contributed by atoms with Crippen molar-refractivity contribution in [3.63, 3.8) is 0 Å². The standard InChI is InChI=1S/C29H28N/c1-3-9-22-10-7-14-25(16-22)28-18-27(24-12-5-4-6-13-24)19-29(20-28)26-15-8-11-23(17-26)21-30-2/h7-8,10-11,14-20,24H,4-6,12-13H2,1-2H3/q+1/i24D. The molecule has 3 aromatic rings. The van der Waals surface area contributed by atoms with E-state index >= 15 is 0 Å². The van der Waals surface area contributed by atoms with Crippen LogP contribution in [0.15, 0.2) is 66.7 Å². The Hall–Kier alpha value is -3.29. The minimum absolute atomic E-state index is 0.515. The van der Waals surface area contributed by atoms with Gasteiger partial charge in [0.25, 0.3) is 7.05 Å². The molecule has 1 nitrogen and oxygen atoms in total. The molecule has 1 fully saturated rings. The van der Waals surface area contributed by atoms with Crippen LogP contribution in [0, 0.1) is 17.9 Å². The molecule has 0 atom stereocenters. The monoisotopic (exact) mass is 391 g/mol. The minimum Gasteiger partial charge on any atom is -0.101 e. The summed E-state index contributed by atoms with van der Waals surface area (Å²) in [5.41, 5.74) is 7.64. The van der Waals surface area contributed by atoms with E-state index in [4.69, 9.17) is 0 Å². The fourth-order valence-corrected chi connectivity index (χ4v) is 4.25. The van der Waals surface area contributed by atoms with Crippen molar-refractivity contribution < 1.29 is 1.37 Å². The highest BCUT2D eigenvalue weighted by Crippen LogP contribution is 2.37. The van der Waals surface area contributed by atoms with Crippen LogP contribution >= 0.6 is 0 Å². The molecule has 30 heavy (non-hydrogen) atoms. The molecular formula is C29H28N+. The molecule has 0 aliphatic heterocycles. The van der Waals surface area contributed by atoms with Crippen LogP contribution in [0.5, 0.6) is 0 Å². The van der Waals surface area contributed by atoms with Crippen LogP contribution in [-0.2, 0) is 0 Å². The molecule has 0 aromatic heterocycles. The van der Waals surface area contributed by atoms with Crippen LogP contribution in [0.25, 0.3) is 27.1 Å². The van der Waals surface area contributed by atoms with Crippen LogP contribution in [0.4, 0.5) is 0 Å². The zero-order chi connectivity index (χ0) is 21.7. The Morgan fingerprint density at radius 1 is 0.800 bits per heavy atom. The lowest BCUT2D eigenvalue weighted by Crippen LogP contribution is -2.05. The van der Waals surface area contributed by atoms with Gasteiger partial charge in [-0.15, -0.1) is 5.92 Å². The molecule has 1 heteroatoms. The van der Waals surface area contributed by atoms with Crippen molar-refractivity contribution >= 4 is 0 Å². The van der Waals surface area contributed by atoms with E-state index in [0.29, 0.717) is 0 Å². The van der Waals surface area contributed by atoms with E-state index in [2.05, 4.69) is 71.3 Å². The molecule has 0 amide bonds. The van der Waals surface area contributed by atoms with E-state index in [1.165, 1.54) is 6.42 Å². The van der Waals surface area contributed by atoms with Crippen molar-refractivity contribution in [2.45, 2.75) is 44.9 Å². The number of rotatable bonds is 3. The highest BCUT2D eigenvalue weighted by Gasteiger charge is 2.17. The van der Waals surface area contributed by atoms with Gasteiger partial charge in [0.05, 0.1) is 0 Å². The van der Waals surface area contributed by atoms with Gasteiger partial charge in [0, 0.05) is 6.93 Å². The summed E-state index contributed by atoms with van der Waals surface area (Å²) >= 11 is 0. The minimum atomic E-state index is -0.515. The second kappa shape index (κ2) is 9.47. The van der Waals surface area contributed by atoms with Crippen LogP contribution in [-0.4, -0.2) is 7.05 Å². The van der Waals surface area contributed by atoms with Crippen molar-refractivity contribution in [1.82, 2.24) is 0 Å². The molecule has 0 heterocycles. The first-order valence-electron chi connectivity index (χ1n) is 11.3. The van der Waals surface area contributed by atoms with E-state index in [-0.39, 0.29) is 0 Å². The molecule has 1 aliphatic carbocycles. The second-order valence-electron chi connectivity index (χ2n) is 7.84. The summed E-state index contributed by atoms with van der Waals surface area (Å²) in [4.78, 5) is 4.04. The zero-order valence-electron chi connectivity index (χ0n) is 18.8. The quantitative estimate of drug-likeness (QED) is 0.402. The van der Waals surface area contributed by atoms with Crippen molar-refractivity contribution in [1.29, 1.82) is 0 Å². The Kier molecular flexibility index (Phi) is 5.91. The van der Waals surface area contributed by atoms with Crippen molar-refractivity contribution in [2.75, 3.05) is 7.05 Å². The van der Waals surface area contributed by atoms with Crippen molar-refractivity contribution in [2.24, 2.45) is 0 Å². The first kappa shape index (κ1) is 18.7. The van der Waals surface area contributed by atoms with Crippen molar-refractivity contribution in [3.05, 3.63) is 88.3 Å². The van der Waals surface area contributed by atoms with Gasteiger partial charge in [-0.1, -0.05) is 66.4 Å². The number of hydrogen-bond donors (Lipinski definition) is 0. The predicted octanol–water partition coefficient (Wildman–Crippen LogP) is 7.75. The molecule has 1 aliphatic rings. The number of nitrogens with zero attached hydrogens (tertiary/aromatic N) is 1. The summed E-state index contributed by atoms with van der Waals surface area (Å²) < 4.78 is 9.25. The molecule has 0 N–H and O–H groups in total. The second-order valence-corrected chi connectivity index (χ2v) is 7.84. The summed E-state index contributed by atoms with van der Waals surface area (Å²) in [6, 6.07) is 26.4. The molecule has 148 valence electrons. The summed E-state index contributed by atoms with van der Waals surface area (Å²) in [6.45, 7) is 1.86. The molecule has 0 radical (unpaired) electrons. The predicted molar refractivity (Wildman–Crippen MR) is 128 cm³/mol. The third kappa shape index (κ3) is 4.64. The Morgan fingerprint density at radius 2 is 1.43 bits per heavy atom. The zero-order valence-corrected chi connectivity index (χ0v) is 17.8. The normalized spacial score (nSPS) is 15.2. The Morgan fingerprint density at radius 3 is 2.07 bits per heavy atom. The molecule has 0 saturated heterocycles. The Bertz CT molecular complexity index is 1130. The van der Waals surface area contributed by atoms with E-state index < -0.39 is 5.89 Å². The number of hydrogen-bond acceptors (Lipinski definition) is 0. The summed E-state index contributed by atoms with van der Waals surface area (Å²) in [5.74, 6) is 5.64. The van der Waals surface area contributed by atoms with Gasteiger partial charge in [0.1, 0.15) is 5.56 Å². The maximum Gasteiger partial charge on any atom is 0.310 e. The third-order valence-corrected chi connectivity index (χ3v) is 5.70. The molecule has 0 bridgehead atoms. The molecule has 4 rings (SSSR count).